The number of hydrogen-bond acceptors (Lipinski definition) is 4. The van der Waals surface area contributed by atoms with E-state index < -0.39 is 20.5 Å². The number of hydrogen-bond donors (Lipinski definition) is 4. The minimum absolute atomic E-state index is 0.0712. The van der Waals surface area contributed by atoms with E-state index in [-0.39, 0.29) is 12.5 Å². The largest absolute Gasteiger partial charge is 0.469 e. The van der Waals surface area contributed by atoms with Crippen molar-refractivity contribution in [2.75, 3.05) is 13.2 Å². The minimum atomic E-state index is -4.59. The Balaban J connectivity index is 3.20. The fraction of sp³-hybridized carbons (Fsp3) is 0.968. The van der Waals surface area contributed by atoms with Crippen LogP contribution in [0.2, 0.25) is 0 Å². The molecule has 39 heavy (non-hydrogen) atoms. The second kappa shape index (κ2) is 29.0. The van der Waals surface area contributed by atoms with Crippen LogP contribution in [0.4, 0.5) is 0 Å². The number of aliphatic hydroxyl groups excluding tert-OH is 1. The molecule has 7 nitrogen and oxygen atoms in total. The van der Waals surface area contributed by atoms with E-state index in [1.165, 1.54) is 141 Å². The van der Waals surface area contributed by atoms with Crippen molar-refractivity contribution >= 4 is 13.7 Å². The van der Waals surface area contributed by atoms with Crippen molar-refractivity contribution in [2.24, 2.45) is 0 Å². The molecule has 0 saturated heterocycles. The molecule has 4 N–H and O–H groups in total. The third kappa shape index (κ3) is 33.6. The highest BCUT2D eigenvalue weighted by molar-refractivity contribution is 7.46. The summed E-state index contributed by atoms with van der Waals surface area (Å²) < 4.78 is 14.8. The number of nitrogens with one attached hydrogen (secondary N) is 1. The maximum absolute atomic E-state index is 11.8. The molecule has 1 amide bonds. The SMILES string of the molecule is CCCCCCCCCCCCCCCCCCCCCCCCCCCC(=O)NCC(O)COP(=O)(O)O. The highest BCUT2D eigenvalue weighted by atomic mass is 31.2. The van der Waals surface area contributed by atoms with Crippen molar-refractivity contribution in [3.8, 4) is 0 Å². The average Bonchev–Trinajstić information content (AvgIpc) is 2.90. The van der Waals surface area contributed by atoms with Gasteiger partial charge in [0.2, 0.25) is 5.91 Å². The van der Waals surface area contributed by atoms with Crippen molar-refractivity contribution in [3.05, 3.63) is 0 Å². The van der Waals surface area contributed by atoms with E-state index in [0.717, 1.165) is 19.3 Å². The number of aliphatic hydroxyl groups is 1. The Morgan fingerprint density at radius 3 is 1.23 bits per heavy atom. The second-order valence-corrected chi connectivity index (χ2v) is 12.7. The summed E-state index contributed by atoms with van der Waals surface area (Å²) in [6.45, 7) is 1.70. The van der Waals surface area contributed by atoms with Gasteiger partial charge in [0.1, 0.15) is 0 Å². The van der Waals surface area contributed by atoms with E-state index in [0.29, 0.717) is 6.42 Å². The quantitative estimate of drug-likeness (QED) is 0.0483. The predicted octanol–water partition coefficient (Wildman–Crippen LogP) is 8.74. The van der Waals surface area contributed by atoms with E-state index in [1.54, 1.807) is 0 Å². The molecule has 0 spiro atoms. The fourth-order valence-corrected chi connectivity index (χ4v) is 5.35. The van der Waals surface area contributed by atoms with Crippen LogP contribution in [0.3, 0.4) is 0 Å². The molecule has 0 aliphatic heterocycles. The lowest BCUT2D eigenvalue weighted by Crippen LogP contribution is -2.34. The first-order valence-electron chi connectivity index (χ1n) is 16.5. The smallest absolute Gasteiger partial charge is 0.389 e. The Bertz CT molecular complexity index is 571. The van der Waals surface area contributed by atoms with Crippen molar-refractivity contribution in [2.45, 2.75) is 180 Å². The van der Waals surface area contributed by atoms with E-state index in [4.69, 9.17) is 9.79 Å². The Labute approximate surface area is 240 Å². The lowest BCUT2D eigenvalue weighted by molar-refractivity contribution is -0.121. The lowest BCUT2D eigenvalue weighted by Gasteiger charge is -2.12. The Morgan fingerprint density at radius 2 is 0.923 bits per heavy atom. The van der Waals surface area contributed by atoms with Crippen molar-refractivity contribution in [3.63, 3.8) is 0 Å². The van der Waals surface area contributed by atoms with Gasteiger partial charge in [-0.2, -0.15) is 0 Å². The molecule has 0 aliphatic carbocycles. The van der Waals surface area contributed by atoms with E-state index >= 15 is 0 Å². The van der Waals surface area contributed by atoms with Crippen LogP contribution in [-0.2, 0) is 13.9 Å². The number of carbonyl (C=O) groups excluding carboxylic acids is 1. The first-order chi connectivity index (χ1) is 18.8. The summed E-state index contributed by atoms with van der Waals surface area (Å²) in [6.07, 6.45) is 33.0. The van der Waals surface area contributed by atoms with Crippen LogP contribution in [0.15, 0.2) is 0 Å². The summed E-state index contributed by atoms with van der Waals surface area (Å²) in [6, 6.07) is 0. The molecule has 0 bridgehead atoms. The Hall–Kier alpha value is -0.460. The third-order valence-electron chi connectivity index (χ3n) is 7.48. The number of carbonyl (C=O) groups is 1. The van der Waals surface area contributed by atoms with Crippen LogP contribution < -0.4 is 5.32 Å². The van der Waals surface area contributed by atoms with Gasteiger partial charge < -0.3 is 20.2 Å². The zero-order valence-corrected chi connectivity index (χ0v) is 26.3. The molecule has 0 heterocycles. The zero-order chi connectivity index (χ0) is 28.9. The van der Waals surface area contributed by atoms with Gasteiger partial charge in [0.15, 0.2) is 0 Å². The Kier molecular flexibility index (Phi) is 28.7. The summed E-state index contributed by atoms with van der Waals surface area (Å²) in [4.78, 5) is 28.9. The van der Waals surface area contributed by atoms with Gasteiger partial charge in [0, 0.05) is 13.0 Å². The molecule has 0 aromatic heterocycles. The first-order valence-corrected chi connectivity index (χ1v) is 18.0. The lowest BCUT2D eigenvalue weighted by atomic mass is 10.0. The molecule has 0 aromatic rings. The van der Waals surface area contributed by atoms with Gasteiger partial charge in [-0.15, -0.1) is 0 Å². The summed E-state index contributed by atoms with van der Waals surface area (Å²) in [5.41, 5.74) is 0. The molecule has 1 unspecified atom stereocenters. The monoisotopic (exact) mass is 577 g/mol. The molecule has 1 atom stereocenters. The predicted molar refractivity (Wildman–Crippen MR) is 163 cm³/mol. The molecule has 0 aromatic carbocycles. The summed E-state index contributed by atoms with van der Waals surface area (Å²) >= 11 is 0. The number of rotatable bonds is 31. The van der Waals surface area contributed by atoms with Crippen molar-refractivity contribution in [1.29, 1.82) is 0 Å². The highest BCUT2D eigenvalue weighted by Gasteiger charge is 2.17. The van der Waals surface area contributed by atoms with Gasteiger partial charge in [-0.3, -0.25) is 9.32 Å². The number of unbranched alkanes of at least 4 members (excludes halogenated alkanes) is 24. The molecule has 0 radical (unpaired) electrons. The van der Waals surface area contributed by atoms with Gasteiger partial charge in [-0.1, -0.05) is 161 Å². The van der Waals surface area contributed by atoms with Gasteiger partial charge in [-0.25, -0.2) is 4.57 Å². The maximum Gasteiger partial charge on any atom is 0.469 e. The minimum Gasteiger partial charge on any atom is -0.389 e. The van der Waals surface area contributed by atoms with E-state index in [2.05, 4.69) is 16.8 Å². The van der Waals surface area contributed by atoms with Crippen molar-refractivity contribution in [1.82, 2.24) is 5.32 Å². The molecular formula is C31H64NO6P. The zero-order valence-electron chi connectivity index (χ0n) is 25.4. The van der Waals surface area contributed by atoms with Crippen molar-refractivity contribution < 1.29 is 28.8 Å². The summed E-state index contributed by atoms with van der Waals surface area (Å²) in [7, 11) is -4.59. The molecule has 0 aliphatic rings. The normalized spacial score (nSPS) is 12.6. The molecule has 8 heteroatoms. The second-order valence-electron chi connectivity index (χ2n) is 11.5. The van der Waals surface area contributed by atoms with Gasteiger partial charge in [-0.05, 0) is 6.42 Å². The third-order valence-corrected chi connectivity index (χ3v) is 7.96. The van der Waals surface area contributed by atoms with E-state index in [1.807, 2.05) is 0 Å². The van der Waals surface area contributed by atoms with Crippen LogP contribution in [0.5, 0.6) is 0 Å². The maximum atomic E-state index is 11.8. The average molecular weight is 578 g/mol. The van der Waals surface area contributed by atoms with E-state index in [9.17, 15) is 14.5 Å². The Morgan fingerprint density at radius 1 is 0.615 bits per heavy atom. The standard InChI is InChI=1S/C31H64NO6P/c1-2-3-4-5-6-7-8-9-10-11-12-13-14-15-16-17-18-19-20-21-22-23-24-25-26-27-31(34)32-28-30(33)29-38-39(35,36)37/h30,33H,2-29H2,1H3,(H,32,34)(H2,35,36,37). The highest BCUT2D eigenvalue weighted by Crippen LogP contribution is 2.35. The van der Waals surface area contributed by atoms with Gasteiger partial charge in [0.05, 0.1) is 12.7 Å². The number of amides is 1. The summed E-state index contributed by atoms with van der Waals surface area (Å²) in [5, 5.41) is 12.1. The molecular weight excluding hydrogens is 513 g/mol. The first kappa shape index (κ1) is 38.5. The number of phosphoric ester groups is 1. The molecule has 0 rings (SSSR count). The van der Waals surface area contributed by atoms with Gasteiger partial charge >= 0.3 is 7.82 Å². The molecule has 0 saturated carbocycles. The van der Waals surface area contributed by atoms with Gasteiger partial charge in [0.25, 0.3) is 0 Å². The molecule has 0 fully saturated rings. The van der Waals surface area contributed by atoms with Crippen LogP contribution >= 0.6 is 7.82 Å². The molecule has 234 valence electrons. The number of phosphoric acid groups is 1. The summed E-state index contributed by atoms with van der Waals surface area (Å²) in [5.74, 6) is -0.153. The van der Waals surface area contributed by atoms with Crippen LogP contribution in [0, 0.1) is 0 Å². The van der Waals surface area contributed by atoms with Crippen LogP contribution in [0.25, 0.3) is 0 Å². The van der Waals surface area contributed by atoms with Crippen LogP contribution in [0.1, 0.15) is 174 Å². The topological polar surface area (TPSA) is 116 Å². The van der Waals surface area contributed by atoms with Crippen LogP contribution in [-0.4, -0.2) is 40.1 Å². The fourth-order valence-electron chi connectivity index (χ4n) is 4.99.